The van der Waals surface area contributed by atoms with Gasteiger partial charge >= 0.3 is 5.69 Å². The number of piperazine rings is 1. The van der Waals surface area contributed by atoms with Crippen molar-refractivity contribution in [1.82, 2.24) is 44.0 Å². The summed E-state index contributed by atoms with van der Waals surface area (Å²) in [5.41, 5.74) is 9.25. The first kappa shape index (κ1) is 46.9. The van der Waals surface area contributed by atoms with Crippen molar-refractivity contribution in [2.24, 2.45) is 20.0 Å². The number of piperidine rings is 3. The molecule has 4 fully saturated rings. The molecule has 0 spiro atoms. The number of halogens is 1. The number of nitrogens with zero attached hydrogens (tertiary/aromatic N) is 9. The number of aliphatic hydroxyl groups is 1. The highest BCUT2D eigenvalue weighted by atomic mass is 19.1. The number of carbonyl (C=O) groups excluding carboxylic acids is 3. The molecule has 6 aliphatic rings. The summed E-state index contributed by atoms with van der Waals surface area (Å²) < 4.78 is 23.8. The number of fused-ring (bicyclic) bond motifs is 2. The van der Waals surface area contributed by atoms with E-state index in [-0.39, 0.29) is 35.7 Å². The van der Waals surface area contributed by atoms with Gasteiger partial charge < -0.3 is 24.8 Å². The minimum Gasteiger partial charge on any atom is -0.385 e. The van der Waals surface area contributed by atoms with Crippen LogP contribution in [0.5, 0.6) is 0 Å². The normalized spacial score (nSPS) is 23.6. The molecule has 71 heavy (non-hydrogen) atoms. The van der Waals surface area contributed by atoms with Crippen LogP contribution in [0.4, 0.5) is 10.1 Å². The SMILES string of the molecule is Cc1cc(C(=O)N2CCC(C=[N+]3CCN(Cc4ccc5c(c4)n(C)c(=O)n5C4CCC(=O)NC4=O)C[C@@H]3C)CC2)cc(F)c1C1CCN(Cc2cc3c(N4C=CC5=C(CCN5)C4O)ccnc3n2C)CC1. The molecule has 11 rings (SSSR count). The zero-order chi connectivity index (χ0) is 49.2. The third-order valence-electron chi connectivity index (χ3n) is 16.4. The average molecular weight is 967 g/mol. The van der Waals surface area contributed by atoms with Crippen molar-refractivity contribution in [2.75, 3.05) is 57.3 Å². The highest BCUT2D eigenvalue weighted by Crippen LogP contribution is 2.37. The van der Waals surface area contributed by atoms with Crippen LogP contribution < -0.4 is 21.2 Å². The number of benzene rings is 2. The maximum absolute atomic E-state index is 16.1. The first-order valence-electron chi connectivity index (χ1n) is 25.5. The van der Waals surface area contributed by atoms with Gasteiger partial charge in [-0.1, -0.05) is 6.07 Å². The molecule has 6 aliphatic heterocycles. The first-order chi connectivity index (χ1) is 34.3. The van der Waals surface area contributed by atoms with Gasteiger partial charge in [0.15, 0.2) is 18.8 Å². The number of amides is 3. The minimum absolute atomic E-state index is 0.0799. The van der Waals surface area contributed by atoms with E-state index in [9.17, 15) is 24.3 Å². The summed E-state index contributed by atoms with van der Waals surface area (Å²) in [7, 11) is 3.77. The smallest absolute Gasteiger partial charge is 0.329 e. The van der Waals surface area contributed by atoms with Gasteiger partial charge in [-0.2, -0.15) is 0 Å². The summed E-state index contributed by atoms with van der Waals surface area (Å²) in [4.78, 5) is 64.9. The Bertz CT molecular complexity index is 3090. The Hall–Kier alpha value is -6.43. The molecule has 3 aromatic heterocycles. The van der Waals surface area contributed by atoms with Gasteiger partial charge in [-0.15, -0.1) is 0 Å². The van der Waals surface area contributed by atoms with Crippen LogP contribution in [0.1, 0.15) is 96.6 Å². The molecule has 4 saturated heterocycles. The van der Waals surface area contributed by atoms with E-state index in [4.69, 9.17) is 4.98 Å². The number of nitrogens with one attached hydrogen (secondary N) is 2. The number of rotatable bonds is 9. The van der Waals surface area contributed by atoms with Crippen LogP contribution in [0.3, 0.4) is 0 Å². The molecule has 17 heteroatoms. The monoisotopic (exact) mass is 967 g/mol. The third kappa shape index (κ3) is 8.79. The maximum atomic E-state index is 16.1. The van der Waals surface area contributed by atoms with E-state index in [0.29, 0.717) is 42.6 Å². The molecule has 0 saturated carbocycles. The fourth-order valence-electron chi connectivity index (χ4n) is 12.4. The molecular formula is C54H65FN11O5+. The largest absolute Gasteiger partial charge is 0.385 e. The lowest BCUT2D eigenvalue weighted by molar-refractivity contribution is -0.572. The minimum atomic E-state index is -0.719. The number of imide groups is 1. The molecule has 3 N–H and O–H groups in total. The molecule has 16 nitrogen and oxygen atoms in total. The Morgan fingerprint density at radius 3 is 2.48 bits per heavy atom. The number of aromatic nitrogens is 4. The quantitative estimate of drug-likeness (QED) is 0.139. The Morgan fingerprint density at radius 1 is 0.915 bits per heavy atom. The number of aryl methyl sites for hydroxylation is 3. The van der Waals surface area contributed by atoms with Crippen molar-refractivity contribution in [1.29, 1.82) is 0 Å². The first-order valence-corrected chi connectivity index (χ1v) is 25.5. The summed E-state index contributed by atoms with van der Waals surface area (Å²) in [5.74, 6) is -0.691. The lowest BCUT2D eigenvalue weighted by Gasteiger charge is -2.33. The average Bonchev–Trinajstić information content (AvgIpc) is 4.04. The van der Waals surface area contributed by atoms with Crippen LogP contribution >= 0.6 is 0 Å². The second-order valence-corrected chi connectivity index (χ2v) is 20.8. The van der Waals surface area contributed by atoms with E-state index in [1.54, 1.807) is 11.6 Å². The lowest BCUT2D eigenvalue weighted by Crippen LogP contribution is -2.48. The molecule has 0 bridgehead atoms. The molecule has 372 valence electrons. The number of hydrogen-bond acceptors (Lipinski definition) is 10. The Morgan fingerprint density at radius 2 is 1.72 bits per heavy atom. The van der Waals surface area contributed by atoms with Crippen LogP contribution in [0.15, 0.2) is 77.0 Å². The van der Waals surface area contributed by atoms with Crippen molar-refractivity contribution in [3.8, 4) is 0 Å². The molecule has 2 aromatic carbocycles. The molecular weight excluding hydrogens is 902 g/mol. The molecule has 0 radical (unpaired) electrons. The van der Waals surface area contributed by atoms with Crippen molar-refractivity contribution in [3.63, 3.8) is 0 Å². The Kier molecular flexibility index (Phi) is 12.5. The fourth-order valence-corrected chi connectivity index (χ4v) is 12.4. The highest BCUT2D eigenvalue weighted by molar-refractivity contribution is 6.00. The van der Waals surface area contributed by atoms with Crippen LogP contribution in [0.25, 0.3) is 22.1 Å². The lowest BCUT2D eigenvalue weighted by atomic mass is 9.85. The van der Waals surface area contributed by atoms with Gasteiger partial charge in [0.1, 0.15) is 23.7 Å². The fraction of sp³-hybridized carbons (Fsp3) is 0.481. The van der Waals surface area contributed by atoms with Gasteiger partial charge in [-0.05, 0) is 131 Å². The molecule has 0 aliphatic carbocycles. The summed E-state index contributed by atoms with van der Waals surface area (Å²) in [5, 5.41) is 18.0. The van der Waals surface area contributed by atoms with Gasteiger partial charge in [0.05, 0.1) is 29.8 Å². The van der Waals surface area contributed by atoms with Gasteiger partial charge in [0.25, 0.3) is 5.91 Å². The molecule has 3 amide bonds. The second-order valence-electron chi connectivity index (χ2n) is 20.8. The van der Waals surface area contributed by atoms with Crippen molar-refractivity contribution in [3.05, 3.63) is 116 Å². The molecule has 3 atom stereocenters. The zero-order valence-electron chi connectivity index (χ0n) is 41.2. The number of aliphatic hydroxyl groups excluding tert-OH is 1. The van der Waals surface area contributed by atoms with Crippen molar-refractivity contribution in [2.45, 2.75) is 96.1 Å². The van der Waals surface area contributed by atoms with E-state index in [1.807, 2.05) is 72.6 Å². The number of imidazole rings is 1. The Balaban J connectivity index is 0.664. The van der Waals surface area contributed by atoms with Gasteiger partial charge in [0.2, 0.25) is 11.8 Å². The van der Waals surface area contributed by atoms with Gasteiger partial charge in [-0.3, -0.25) is 38.6 Å². The Labute approximate surface area is 412 Å². The summed E-state index contributed by atoms with van der Waals surface area (Å²) >= 11 is 0. The summed E-state index contributed by atoms with van der Waals surface area (Å²) in [6, 6.07) is 13.1. The van der Waals surface area contributed by atoms with Crippen molar-refractivity contribution < 1.29 is 28.5 Å². The third-order valence-corrected chi connectivity index (χ3v) is 16.4. The number of likely N-dealkylation sites (tertiary alicyclic amines) is 2. The van der Waals surface area contributed by atoms with E-state index >= 15 is 4.39 Å². The topological polar surface area (TPSA) is 156 Å². The number of anilines is 1. The standard InChI is InChI=1S/C54H64FN11O5/c1-33-25-38(27-42(55)49(33)37-13-18-61(19-14-37)32-39-28-41-44(10-17-57-50(41)59(39)3)65-22-15-43-40(53(65)70)9-16-56-43)52(69)63-20-11-35(12-21-63)31-64-24-23-62(29-34(64)2)30-36-5-6-45-47(26-36)60(4)54(71)66(45)46-7-8-48(67)58-51(46)68/h5-6,10,15,17,22,25-28,31,34-35,37,46,53,56,70H,7-9,11-14,16,18-21,23-24,29-30,32H2,1-4H3/p+1/t34-,46?,53?/m0/s1. The number of allylic oxidation sites excluding steroid dienone is 1. The van der Waals surface area contributed by atoms with Crippen LogP contribution in [-0.2, 0) is 36.8 Å². The predicted octanol–water partition coefficient (Wildman–Crippen LogP) is 4.77. The number of carbonyl (C=O) groups is 3. The molecule has 9 heterocycles. The maximum Gasteiger partial charge on any atom is 0.329 e. The van der Waals surface area contributed by atoms with Gasteiger partial charge in [0, 0.05) is 99.5 Å². The summed E-state index contributed by atoms with van der Waals surface area (Å²) in [6.45, 7) is 12.1. The van der Waals surface area contributed by atoms with Crippen LogP contribution in [0, 0.1) is 18.7 Å². The van der Waals surface area contributed by atoms with Crippen molar-refractivity contribution >= 4 is 51.7 Å². The van der Waals surface area contributed by atoms with Gasteiger partial charge in [-0.25, -0.2) is 18.7 Å². The number of pyridine rings is 1. The second kappa shape index (κ2) is 19.0. The molecule has 2 unspecified atom stereocenters. The summed E-state index contributed by atoms with van der Waals surface area (Å²) in [6.07, 6.45) is 12.2. The van der Waals surface area contributed by atoms with E-state index < -0.39 is 18.2 Å². The number of hydrogen-bond donors (Lipinski definition) is 3. The van der Waals surface area contributed by atoms with Crippen LogP contribution in [0.2, 0.25) is 0 Å². The van der Waals surface area contributed by atoms with Crippen LogP contribution in [-0.4, -0.2) is 132 Å². The zero-order valence-corrected chi connectivity index (χ0v) is 41.2. The van der Waals surface area contributed by atoms with E-state index in [1.165, 1.54) is 10.6 Å². The highest BCUT2D eigenvalue weighted by Gasteiger charge is 2.35. The van der Waals surface area contributed by atoms with E-state index in [0.717, 1.165) is 140 Å². The molecule has 5 aromatic rings. The predicted molar refractivity (Wildman–Crippen MR) is 270 cm³/mol. The van der Waals surface area contributed by atoms with E-state index in [2.05, 4.69) is 48.8 Å².